The van der Waals surface area contributed by atoms with E-state index in [1.165, 1.54) is 0 Å². The third kappa shape index (κ3) is 11.3. The molecule has 0 aromatic rings. The van der Waals surface area contributed by atoms with Crippen molar-refractivity contribution < 1.29 is 0 Å². The van der Waals surface area contributed by atoms with Gasteiger partial charge < -0.3 is 0 Å². The molecule has 0 heterocycles. The highest BCUT2D eigenvalue weighted by Gasteiger charge is 1.82. The molecule has 0 radical (unpaired) electrons. The number of hydrogen-bond donors (Lipinski definition) is 0. The Hall–Kier alpha value is -0.740. The maximum atomic E-state index is 3.19. The first-order valence-corrected chi connectivity index (χ1v) is 5.20. The molecule has 0 heteroatoms. The van der Waals surface area contributed by atoms with Crippen molar-refractivity contribution in [2.24, 2.45) is 11.8 Å². The number of rotatable bonds is 5. The summed E-state index contributed by atoms with van der Waals surface area (Å²) >= 11 is 0. The summed E-state index contributed by atoms with van der Waals surface area (Å²) in [5, 5.41) is 0. The second-order valence-corrected chi connectivity index (χ2v) is 4.03. The topological polar surface area (TPSA) is 0 Å². The standard InChI is InChI=1S/C13H22/c1-12(2)10-8-6-5-7-9-11-13(3)4/h6,9-13H,5,7H2,1-4H3. The number of allylic oxidation sites excluding steroid dienone is 3. The molecular formula is C13H22. The van der Waals surface area contributed by atoms with Crippen molar-refractivity contribution in [3.05, 3.63) is 30.0 Å². The highest BCUT2D eigenvalue weighted by molar-refractivity contribution is 4.90. The van der Waals surface area contributed by atoms with Gasteiger partial charge in [0.15, 0.2) is 0 Å². The maximum absolute atomic E-state index is 3.19. The average Bonchev–Trinajstić information content (AvgIpc) is 2.01. The predicted octanol–water partition coefficient (Wildman–Crippen LogP) is 4.35. The van der Waals surface area contributed by atoms with E-state index < -0.39 is 0 Å². The molecule has 0 nitrogen and oxygen atoms in total. The fourth-order valence-electron chi connectivity index (χ4n) is 0.892. The van der Waals surface area contributed by atoms with Crippen LogP contribution in [0.25, 0.3) is 0 Å². The van der Waals surface area contributed by atoms with Crippen LogP contribution in [0, 0.1) is 11.8 Å². The van der Waals surface area contributed by atoms with Crippen LogP contribution in [0.4, 0.5) is 0 Å². The summed E-state index contributed by atoms with van der Waals surface area (Å²) in [7, 11) is 0. The van der Waals surface area contributed by atoms with Gasteiger partial charge in [-0.3, -0.25) is 0 Å². The van der Waals surface area contributed by atoms with Gasteiger partial charge in [-0.05, 0) is 36.8 Å². The molecule has 0 amide bonds. The van der Waals surface area contributed by atoms with Gasteiger partial charge in [-0.15, -0.1) is 5.73 Å². The summed E-state index contributed by atoms with van der Waals surface area (Å²) in [5.41, 5.74) is 3.19. The Kier molecular flexibility index (Phi) is 7.44. The van der Waals surface area contributed by atoms with E-state index in [0.29, 0.717) is 11.8 Å². The third-order valence-corrected chi connectivity index (χ3v) is 1.55. The normalized spacial score (nSPS) is 10.9. The van der Waals surface area contributed by atoms with E-state index in [1.807, 2.05) is 0 Å². The smallest absolute Gasteiger partial charge is 0.0214 e. The van der Waals surface area contributed by atoms with Crippen LogP contribution in [0.3, 0.4) is 0 Å². The second-order valence-electron chi connectivity index (χ2n) is 4.03. The third-order valence-electron chi connectivity index (χ3n) is 1.55. The Bertz CT molecular complexity index is 188. The minimum Gasteiger partial charge on any atom is -0.129 e. The van der Waals surface area contributed by atoms with Gasteiger partial charge in [0.1, 0.15) is 0 Å². The van der Waals surface area contributed by atoms with E-state index in [-0.39, 0.29) is 0 Å². The molecule has 0 aromatic carbocycles. The fraction of sp³-hybridized carbons (Fsp3) is 0.615. The first-order chi connectivity index (χ1) is 6.13. The van der Waals surface area contributed by atoms with Crippen molar-refractivity contribution in [2.45, 2.75) is 40.5 Å². The molecule has 74 valence electrons. The molecule has 0 aliphatic heterocycles. The van der Waals surface area contributed by atoms with Crippen molar-refractivity contribution in [1.29, 1.82) is 0 Å². The molecule has 0 aliphatic carbocycles. The van der Waals surface area contributed by atoms with Gasteiger partial charge in [0.25, 0.3) is 0 Å². The predicted molar refractivity (Wildman–Crippen MR) is 60.7 cm³/mol. The zero-order valence-electron chi connectivity index (χ0n) is 9.38. The van der Waals surface area contributed by atoms with Crippen LogP contribution in [0.2, 0.25) is 0 Å². The highest BCUT2D eigenvalue weighted by Crippen LogP contribution is 1.98. The second kappa shape index (κ2) is 7.89. The molecule has 0 saturated heterocycles. The van der Waals surface area contributed by atoms with E-state index >= 15 is 0 Å². The van der Waals surface area contributed by atoms with Crippen molar-refractivity contribution in [3.8, 4) is 0 Å². The Balaban J connectivity index is 3.51. The van der Waals surface area contributed by atoms with E-state index in [1.54, 1.807) is 0 Å². The summed E-state index contributed by atoms with van der Waals surface area (Å²) in [6.45, 7) is 8.73. The molecule has 0 aliphatic rings. The van der Waals surface area contributed by atoms with Crippen LogP contribution in [0.15, 0.2) is 30.0 Å². The van der Waals surface area contributed by atoms with Gasteiger partial charge >= 0.3 is 0 Å². The van der Waals surface area contributed by atoms with E-state index in [9.17, 15) is 0 Å². The van der Waals surface area contributed by atoms with Crippen molar-refractivity contribution in [3.63, 3.8) is 0 Å². The molecular weight excluding hydrogens is 156 g/mol. The lowest BCUT2D eigenvalue weighted by atomic mass is 10.1. The Morgan fingerprint density at radius 2 is 1.69 bits per heavy atom. The lowest BCUT2D eigenvalue weighted by Gasteiger charge is -1.91. The molecule has 0 saturated carbocycles. The lowest BCUT2D eigenvalue weighted by Crippen LogP contribution is -1.76. The average molecular weight is 178 g/mol. The van der Waals surface area contributed by atoms with E-state index in [2.05, 4.69) is 57.7 Å². The number of unbranched alkanes of at least 4 members (excludes halogenated alkanes) is 1. The van der Waals surface area contributed by atoms with Gasteiger partial charge in [0, 0.05) is 0 Å². The van der Waals surface area contributed by atoms with Crippen LogP contribution >= 0.6 is 0 Å². The first kappa shape index (κ1) is 12.3. The Morgan fingerprint density at radius 3 is 2.23 bits per heavy atom. The molecule has 0 rings (SSSR count). The minimum absolute atomic E-state index is 0.613. The van der Waals surface area contributed by atoms with E-state index in [0.717, 1.165) is 12.8 Å². The summed E-state index contributed by atoms with van der Waals surface area (Å²) < 4.78 is 0. The minimum atomic E-state index is 0.613. The molecule has 0 unspecified atom stereocenters. The van der Waals surface area contributed by atoms with Crippen LogP contribution in [0.5, 0.6) is 0 Å². The van der Waals surface area contributed by atoms with Gasteiger partial charge in [0.2, 0.25) is 0 Å². The van der Waals surface area contributed by atoms with Crippen LogP contribution in [-0.2, 0) is 0 Å². The molecule has 0 atom stereocenters. The van der Waals surface area contributed by atoms with Crippen molar-refractivity contribution >= 4 is 0 Å². The van der Waals surface area contributed by atoms with Crippen LogP contribution in [-0.4, -0.2) is 0 Å². The highest BCUT2D eigenvalue weighted by atomic mass is 13.9. The molecule has 13 heavy (non-hydrogen) atoms. The summed E-state index contributed by atoms with van der Waals surface area (Å²) in [4.78, 5) is 0. The lowest BCUT2D eigenvalue weighted by molar-refractivity contribution is 0.822. The molecule has 0 N–H and O–H groups in total. The fourth-order valence-corrected chi connectivity index (χ4v) is 0.892. The zero-order valence-corrected chi connectivity index (χ0v) is 9.38. The first-order valence-electron chi connectivity index (χ1n) is 5.20. The van der Waals surface area contributed by atoms with Gasteiger partial charge in [-0.25, -0.2) is 0 Å². The molecule has 0 aromatic heterocycles. The van der Waals surface area contributed by atoms with Gasteiger partial charge in [-0.1, -0.05) is 39.8 Å². The Morgan fingerprint density at radius 1 is 1.00 bits per heavy atom. The number of hydrogen-bond acceptors (Lipinski definition) is 0. The van der Waals surface area contributed by atoms with Gasteiger partial charge in [-0.2, -0.15) is 0 Å². The summed E-state index contributed by atoms with van der Waals surface area (Å²) in [6, 6.07) is 0. The van der Waals surface area contributed by atoms with Crippen LogP contribution in [0.1, 0.15) is 40.5 Å². The Labute approximate surface area is 83.0 Å². The monoisotopic (exact) mass is 178 g/mol. The van der Waals surface area contributed by atoms with Crippen LogP contribution < -0.4 is 0 Å². The molecule has 0 spiro atoms. The quantitative estimate of drug-likeness (QED) is 0.333. The van der Waals surface area contributed by atoms with E-state index in [4.69, 9.17) is 0 Å². The summed E-state index contributed by atoms with van der Waals surface area (Å²) in [5.74, 6) is 1.29. The van der Waals surface area contributed by atoms with Crippen molar-refractivity contribution in [2.75, 3.05) is 0 Å². The van der Waals surface area contributed by atoms with Gasteiger partial charge in [0.05, 0.1) is 0 Å². The summed E-state index contributed by atoms with van der Waals surface area (Å²) in [6.07, 6.45) is 11.0. The maximum Gasteiger partial charge on any atom is -0.0214 e. The largest absolute Gasteiger partial charge is 0.129 e. The zero-order chi connectivity index (χ0) is 10.1. The SMILES string of the molecule is CC(C)C=C=CCCC=CC(C)C. The molecule has 0 bridgehead atoms. The van der Waals surface area contributed by atoms with Crippen molar-refractivity contribution in [1.82, 2.24) is 0 Å². The molecule has 0 fully saturated rings.